The fourth-order valence-corrected chi connectivity index (χ4v) is 5.49. The summed E-state index contributed by atoms with van der Waals surface area (Å²) in [7, 11) is 0. The van der Waals surface area contributed by atoms with Gasteiger partial charge < -0.3 is 0 Å². The third kappa shape index (κ3) is 11.2. The molecule has 1 amide bonds. The monoisotopic (exact) mass is 587 g/mol. The number of alkyl carbamates (subject to hydrolysis) is 1. The molecule has 1 N–H and O–H groups in total. The van der Waals surface area contributed by atoms with Gasteiger partial charge >= 0.3 is 180 Å². The summed E-state index contributed by atoms with van der Waals surface area (Å²) in [4.78, 5) is 37.2. The molecule has 38 heavy (non-hydrogen) atoms. The second kappa shape index (κ2) is 14.8. The van der Waals surface area contributed by atoms with Crippen molar-refractivity contribution in [1.82, 2.24) is 5.32 Å². The Balaban J connectivity index is 1.43. The zero-order valence-corrected chi connectivity index (χ0v) is 24.5. The van der Waals surface area contributed by atoms with E-state index in [2.05, 4.69) is 5.32 Å². The van der Waals surface area contributed by atoms with Crippen molar-refractivity contribution in [1.29, 1.82) is 0 Å². The number of benzene rings is 2. The van der Waals surface area contributed by atoms with E-state index in [1.807, 2.05) is 54.6 Å². The zero-order valence-electron chi connectivity index (χ0n) is 22.4. The summed E-state index contributed by atoms with van der Waals surface area (Å²) in [6.45, 7) is 5.80. The minimum absolute atomic E-state index is 0.0993. The first-order chi connectivity index (χ1) is 18.2. The van der Waals surface area contributed by atoms with Gasteiger partial charge in [0.2, 0.25) is 0 Å². The third-order valence-electron chi connectivity index (χ3n) is 5.81. The molecule has 3 rings (SSSR count). The van der Waals surface area contributed by atoms with Gasteiger partial charge in [-0.05, 0) is 46.5 Å². The second-order valence-corrected chi connectivity index (χ2v) is 12.6. The Labute approximate surface area is 231 Å². The molecule has 206 valence electrons. The number of hydrogen-bond donors (Lipinski definition) is 1. The topological polar surface area (TPSA) is 100 Å². The van der Waals surface area contributed by atoms with Crippen LogP contribution in [0.4, 0.5) is 9.59 Å². The molecule has 2 aromatic rings. The summed E-state index contributed by atoms with van der Waals surface area (Å²) >= 11 is -0.930. The SMILES string of the molecule is CC(C)(C)OC(=O)NC(CCOc1ccc(C[AsH]C(=O)OCc2ccccc2)cc1)C(=O)OC1CCCC1. The van der Waals surface area contributed by atoms with Crippen molar-refractivity contribution >= 4 is 32.6 Å². The van der Waals surface area contributed by atoms with Crippen molar-refractivity contribution in [3.05, 3.63) is 65.7 Å². The fraction of sp³-hybridized carbons (Fsp3) is 0.483. The summed E-state index contributed by atoms with van der Waals surface area (Å²) < 4.78 is 22.0. The van der Waals surface area contributed by atoms with Gasteiger partial charge in [-0.15, -0.1) is 0 Å². The molecule has 0 radical (unpaired) electrons. The number of esters is 1. The molecule has 1 saturated carbocycles. The Morgan fingerprint density at radius 1 is 0.974 bits per heavy atom. The summed E-state index contributed by atoms with van der Waals surface area (Å²) in [6, 6.07) is 16.3. The van der Waals surface area contributed by atoms with E-state index in [0.29, 0.717) is 17.6 Å². The molecule has 2 unspecified atom stereocenters. The van der Waals surface area contributed by atoms with Crippen LogP contribution >= 0.6 is 0 Å². The molecular weight excluding hydrogens is 549 g/mol. The first kappa shape index (κ1) is 29.6. The summed E-state index contributed by atoms with van der Waals surface area (Å²) in [5.74, 6) is 0.172. The van der Waals surface area contributed by atoms with Crippen LogP contribution in [0.3, 0.4) is 0 Å². The average Bonchev–Trinajstić information content (AvgIpc) is 3.39. The van der Waals surface area contributed by atoms with Crippen LogP contribution in [0.25, 0.3) is 0 Å². The third-order valence-corrected chi connectivity index (χ3v) is 7.94. The normalized spacial score (nSPS) is 14.7. The number of carbonyl (C=O) groups excluding carboxylic acids is 3. The summed E-state index contributed by atoms with van der Waals surface area (Å²) in [5.41, 5.74) is 1.34. The van der Waals surface area contributed by atoms with Crippen LogP contribution in [-0.2, 0) is 30.8 Å². The molecule has 1 aliphatic rings. The van der Waals surface area contributed by atoms with Crippen molar-refractivity contribution < 1.29 is 33.3 Å². The van der Waals surface area contributed by atoms with E-state index < -0.39 is 39.5 Å². The van der Waals surface area contributed by atoms with E-state index in [1.165, 1.54) is 0 Å². The van der Waals surface area contributed by atoms with E-state index in [4.69, 9.17) is 18.9 Å². The van der Waals surface area contributed by atoms with E-state index in [9.17, 15) is 14.4 Å². The van der Waals surface area contributed by atoms with Crippen LogP contribution in [0.15, 0.2) is 54.6 Å². The van der Waals surface area contributed by atoms with Gasteiger partial charge in [-0.25, -0.2) is 0 Å². The molecule has 0 aromatic heterocycles. The number of ether oxygens (including phenoxy) is 4. The first-order valence-electron chi connectivity index (χ1n) is 13.0. The average molecular weight is 588 g/mol. The standard InChI is InChI=1S/C29H38AsNO7/c1-29(2,3)38-28(34)31-25(26(32)37-24-11-7-8-12-24)17-18-35-23-15-13-21(14-16-23)19-30-27(33)36-20-22-9-5-4-6-10-22/h4-6,9-10,13-16,24-25,30H,7-8,11-12,17-20H2,1-3H3,(H,31,34). The summed E-state index contributed by atoms with van der Waals surface area (Å²) in [6.07, 6.45) is 3.25. The van der Waals surface area contributed by atoms with E-state index in [-0.39, 0.29) is 23.9 Å². The van der Waals surface area contributed by atoms with E-state index in [0.717, 1.165) is 36.8 Å². The van der Waals surface area contributed by atoms with Crippen LogP contribution in [0.5, 0.6) is 5.75 Å². The molecule has 1 fully saturated rings. The predicted molar refractivity (Wildman–Crippen MR) is 146 cm³/mol. The first-order valence-corrected chi connectivity index (χ1v) is 15.6. The molecule has 0 bridgehead atoms. The van der Waals surface area contributed by atoms with Crippen molar-refractivity contribution in [2.45, 2.75) is 82.4 Å². The molecule has 9 heteroatoms. The van der Waals surface area contributed by atoms with Gasteiger partial charge in [-0.2, -0.15) is 0 Å². The molecule has 2 aromatic carbocycles. The Kier molecular flexibility index (Phi) is 11.5. The van der Waals surface area contributed by atoms with Gasteiger partial charge in [-0.3, -0.25) is 0 Å². The second-order valence-electron chi connectivity index (χ2n) is 10.2. The quantitative estimate of drug-likeness (QED) is 0.209. The molecule has 0 aliphatic heterocycles. The van der Waals surface area contributed by atoms with Crippen LogP contribution < -0.4 is 10.1 Å². The van der Waals surface area contributed by atoms with Gasteiger partial charge in [0, 0.05) is 0 Å². The minimum Gasteiger partial charge on any atom is -0.0496 e. The van der Waals surface area contributed by atoms with Crippen molar-refractivity contribution in [2.75, 3.05) is 6.61 Å². The van der Waals surface area contributed by atoms with Gasteiger partial charge in [0.05, 0.1) is 0 Å². The van der Waals surface area contributed by atoms with E-state index >= 15 is 0 Å². The maximum atomic E-state index is 12.8. The van der Waals surface area contributed by atoms with Crippen molar-refractivity contribution in [3.63, 3.8) is 0 Å². The van der Waals surface area contributed by atoms with Crippen LogP contribution in [0.2, 0.25) is 0 Å². The molecule has 1 aliphatic carbocycles. The smallest absolute Gasteiger partial charge is 0.0496 e. The van der Waals surface area contributed by atoms with Gasteiger partial charge in [0.1, 0.15) is 5.60 Å². The Hall–Kier alpha value is -2.99. The van der Waals surface area contributed by atoms with Gasteiger partial charge in [0.15, 0.2) is 0 Å². The Morgan fingerprint density at radius 3 is 2.32 bits per heavy atom. The fourth-order valence-electron chi connectivity index (χ4n) is 3.90. The molecule has 0 spiro atoms. The van der Waals surface area contributed by atoms with Crippen LogP contribution in [-0.4, -0.2) is 56.9 Å². The number of amides is 1. The minimum atomic E-state index is -0.930. The number of hydrogen-bond acceptors (Lipinski definition) is 7. The van der Waals surface area contributed by atoms with Crippen molar-refractivity contribution in [3.8, 4) is 5.75 Å². The van der Waals surface area contributed by atoms with E-state index in [1.54, 1.807) is 20.8 Å². The predicted octanol–water partition coefficient (Wildman–Crippen LogP) is 5.11. The molecule has 2 atom stereocenters. The van der Waals surface area contributed by atoms with Crippen LogP contribution in [0.1, 0.15) is 64.0 Å². The zero-order chi connectivity index (χ0) is 27.4. The maximum absolute atomic E-state index is 12.8. The van der Waals surface area contributed by atoms with Gasteiger partial charge in [-0.1, -0.05) is 0 Å². The van der Waals surface area contributed by atoms with Gasteiger partial charge in [0.25, 0.3) is 0 Å². The number of carbonyl (C=O) groups is 3. The number of nitrogens with one attached hydrogen (secondary N) is 1. The molecule has 0 heterocycles. The molecular formula is C29H38AsNO7. The summed E-state index contributed by atoms with van der Waals surface area (Å²) in [5, 5.41) is 3.32. The Morgan fingerprint density at radius 2 is 1.66 bits per heavy atom. The van der Waals surface area contributed by atoms with Crippen LogP contribution in [0, 0.1) is 0 Å². The molecule has 8 nitrogen and oxygen atoms in total. The molecule has 0 saturated heterocycles. The number of rotatable bonds is 12. The van der Waals surface area contributed by atoms with Crippen molar-refractivity contribution in [2.24, 2.45) is 0 Å². The Bertz CT molecular complexity index is 1030.